The van der Waals surface area contributed by atoms with Crippen molar-refractivity contribution in [1.82, 2.24) is 4.90 Å². The molecule has 3 amide bonds. The molecule has 0 saturated carbocycles. The maximum absolute atomic E-state index is 12.9. The number of nitrogens with zero attached hydrogens (tertiary/aromatic N) is 1. The second-order valence-corrected chi connectivity index (χ2v) is 8.69. The minimum atomic E-state index is -0.591. The number of primary amides is 1. The third-order valence-corrected chi connectivity index (χ3v) is 4.87. The summed E-state index contributed by atoms with van der Waals surface area (Å²) in [5, 5.41) is 2.87. The molecule has 7 nitrogen and oxygen atoms in total. The molecular formula is C21H31N3O4. The van der Waals surface area contributed by atoms with Crippen LogP contribution in [0.25, 0.3) is 0 Å². The van der Waals surface area contributed by atoms with Crippen molar-refractivity contribution in [2.75, 3.05) is 11.9 Å². The normalized spacial score (nSPS) is 19.6. The number of aryl methyl sites for hydroxylation is 1. The summed E-state index contributed by atoms with van der Waals surface area (Å²) in [6.07, 6.45) is 0.162. The number of carbonyl (C=O) groups excluding carboxylic acids is 3. The number of hydrogen-bond donors (Lipinski definition) is 2. The van der Waals surface area contributed by atoms with Crippen LogP contribution in [0.4, 0.5) is 10.5 Å². The van der Waals surface area contributed by atoms with Crippen LogP contribution in [0.15, 0.2) is 18.2 Å². The van der Waals surface area contributed by atoms with Gasteiger partial charge in [0.2, 0.25) is 11.8 Å². The van der Waals surface area contributed by atoms with Gasteiger partial charge in [0.15, 0.2) is 0 Å². The van der Waals surface area contributed by atoms with Gasteiger partial charge < -0.3 is 20.7 Å². The first kappa shape index (κ1) is 21.7. The fourth-order valence-corrected chi connectivity index (χ4v) is 3.66. The smallest absolute Gasteiger partial charge is 0.410 e. The van der Waals surface area contributed by atoms with Crippen molar-refractivity contribution in [2.45, 2.75) is 59.6 Å². The molecule has 2 atom stereocenters. The van der Waals surface area contributed by atoms with Gasteiger partial charge in [-0.05, 0) is 57.7 Å². The van der Waals surface area contributed by atoms with Gasteiger partial charge in [-0.2, -0.15) is 0 Å². The molecule has 154 valence electrons. The van der Waals surface area contributed by atoms with Gasteiger partial charge in [-0.25, -0.2) is 4.79 Å². The molecule has 0 aromatic heterocycles. The topological polar surface area (TPSA) is 102 Å². The van der Waals surface area contributed by atoms with Crippen molar-refractivity contribution in [3.8, 4) is 0 Å². The van der Waals surface area contributed by atoms with E-state index in [1.807, 2.05) is 34.6 Å². The summed E-state index contributed by atoms with van der Waals surface area (Å²) in [7, 11) is 0. The van der Waals surface area contributed by atoms with Gasteiger partial charge in [-0.15, -0.1) is 0 Å². The van der Waals surface area contributed by atoms with E-state index < -0.39 is 17.6 Å². The summed E-state index contributed by atoms with van der Waals surface area (Å²) < 4.78 is 5.51. The highest BCUT2D eigenvalue weighted by atomic mass is 16.6. The lowest BCUT2D eigenvalue weighted by Crippen LogP contribution is -2.46. The van der Waals surface area contributed by atoms with Gasteiger partial charge in [0.25, 0.3) is 0 Å². The van der Waals surface area contributed by atoms with Gasteiger partial charge in [-0.3, -0.25) is 9.59 Å². The molecule has 1 aliphatic rings. The van der Waals surface area contributed by atoms with E-state index >= 15 is 0 Å². The number of hydrogen-bond acceptors (Lipinski definition) is 4. The highest BCUT2D eigenvalue weighted by Gasteiger charge is 2.44. The third kappa shape index (κ3) is 5.03. The number of anilines is 1. The Balaban J connectivity index is 2.18. The van der Waals surface area contributed by atoms with Crippen LogP contribution in [-0.2, 0) is 9.53 Å². The molecule has 1 saturated heterocycles. The van der Waals surface area contributed by atoms with E-state index in [1.165, 1.54) is 0 Å². The summed E-state index contributed by atoms with van der Waals surface area (Å²) in [5.74, 6) is -0.981. The molecule has 1 aliphatic heterocycles. The maximum Gasteiger partial charge on any atom is 0.410 e. The minimum absolute atomic E-state index is 0.0879. The van der Waals surface area contributed by atoms with Crippen LogP contribution in [0.5, 0.6) is 0 Å². The molecular weight excluding hydrogens is 358 g/mol. The van der Waals surface area contributed by atoms with Crippen LogP contribution >= 0.6 is 0 Å². The molecule has 0 aliphatic carbocycles. The average molecular weight is 389 g/mol. The predicted octanol–water partition coefficient (Wildman–Crippen LogP) is 3.31. The van der Waals surface area contributed by atoms with Crippen LogP contribution in [0.2, 0.25) is 0 Å². The number of ether oxygens (including phenoxy) is 1. The zero-order chi connectivity index (χ0) is 21.2. The first-order valence-electron chi connectivity index (χ1n) is 9.61. The third-order valence-electron chi connectivity index (χ3n) is 4.87. The Morgan fingerprint density at radius 1 is 1.25 bits per heavy atom. The molecule has 2 rings (SSSR count). The Bertz CT molecular complexity index is 767. The van der Waals surface area contributed by atoms with Crippen molar-refractivity contribution in [3.63, 3.8) is 0 Å². The number of likely N-dealkylation sites (tertiary alicyclic amines) is 1. The Kier molecular flexibility index (Phi) is 6.37. The lowest BCUT2D eigenvalue weighted by atomic mass is 9.90. The molecule has 1 fully saturated rings. The zero-order valence-electron chi connectivity index (χ0n) is 17.5. The van der Waals surface area contributed by atoms with E-state index in [2.05, 4.69) is 5.32 Å². The summed E-state index contributed by atoms with van der Waals surface area (Å²) in [5.41, 5.74) is 6.44. The lowest BCUT2D eigenvalue weighted by Gasteiger charge is -2.32. The second-order valence-electron chi connectivity index (χ2n) is 8.69. The molecule has 1 aromatic carbocycles. The Morgan fingerprint density at radius 2 is 1.89 bits per heavy atom. The van der Waals surface area contributed by atoms with E-state index in [4.69, 9.17) is 10.5 Å². The standard InChI is InChI=1S/C21H31N3O4/c1-12(2)17-15(9-10-24(17)20(27)28-21(4,5)6)19(26)23-14-8-7-13(3)16(11-14)18(22)25/h7-8,11-12,15,17H,9-10H2,1-6H3,(H2,22,25)(H,23,26)/t15-,17-/m0/s1. The first-order chi connectivity index (χ1) is 12.9. The molecule has 3 N–H and O–H groups in total. The van der Waals surface area contributed by atoms with Gasteiger partial charge in [-0.1, -0.05) is 19.9 Å². The fourth-order valence-electron chi connectivity index (χ4n) is 3.66. The van der Waals surface area contributed by atoms with Crippen LogP contribution in [0.3, 0.4) is 0 Å². The second kappa shape index (κ2) is 8.20. The molecule has 0 radical (unpaired) electrons. The highest BCUT2D eigenvalue weighted by molar-refractivity contribution is 5.98. The largest absolute Gasteiger partial charge is 0.444 e. The molecule has 7 heteroatoms. The van der Waals surface area contributed by atoms with Crippen molar-refractivity contribution >= 4 is 23.6 Å². The van der Waals surface area contributed by atoms with Crippen molar-refractivity contribution in [3.05, 3.63) is 29.3 Å². The van der Waals surface area contributed by atoms with E-state index in [9.17, 15) is 14.4 Å². The number of nitrogens with two attached hydrogens (primary N) is 1. The van der Waals surface area contributed by atoms with Crippen molar-refractivity contribution in [2.24, 2.45) is 17.6 Å². The van der Waals surface area contributed by atoms with Gasteiger partial charge in [0, 0.05) is 23.8 Å². The molecule has 0 unspecified atom stereocenters. The van der Waals surface area contributed by atoms with Crippen LogP contribution in [0.1, 0.15) is 57.0 Å². The maximum atomic E-state index is 12.9. The fraction of sp³-hybridized carbons (Fsp3) is 0.571. The lowest BCUT2D eigenvalue weighted by molar-refractivity contribution is -0.120. The summed E-state index contributed by atoms with van der Waals surface area (Å²) >= 11 is 0. The summed E-state index contributed by atoms with van der Waals surface area (Å²) in [4.78, 5) is 38.7. The number of nitrogens with one attached hydrogen (secondary N) is 1. The number of amides is 3. The SMILES string of the molecule is Cc1ccc(NC(=O)[C@H]2CCN(C(=O)OC(C)(C)C)[C@H]2C(C)C)cc1C(N)=O. The molecule has 1 heterocycles. The molecule has 0 bridgehead atoms. The van der Waals surface area contributed by atoms with E-state index in [0.717, 1.165) is 5.56 Å². The quantitative estimate of drug-likeness (QED) is 0.825. The van der Waals surface area contributed by atoms with Crippen LogP contribution in [-0.4, -0.2) is 41.0 Å². The Labute approximate surface area is 166 Å². The van der Waals surface area contributed by atoms with Crippen molar-refractivity contribution < 1.29 is 19.1 Å². The molecule has 28 heavy (non-hydrogen) atoms. The molecule has 1 aromatic rings. The monoisotopic (exact) mass is 389 g/mol. The van der Waals surface area contributed by atoms with E-state index in [-0.39, 0.29) is 23.8 Å². The van der Waals surface area contributed by atoms with Gasteiger partial charge in [0.1, 0.15) is 5.60 Å². The summed E-state index contributed by atoms with van der Waals surface area (Å²) in [6.45, 7) is 11.7. The number of carbonyl (C=O) groups is 3. The number of benzene rings is 1. The van der Waals surface area contributed by atoms with Gasteiger partial charge >= 0.3 is 6.09 Å². The highest BCUT2D eigenvalue weighted by Crippen LogP contribution is 2.32. The average Bonchev–Trinajstić information content (AvgIpc) is 3.00. The van der Waals surface area contributed by atoms with Gasteiger partial charge in [0.05, 0.1) is 5.92 Å². The van der Waals surface area contributed by atoms with Crippen LogP contribution in [0, 0.1) is 18.8 Å². The summed E-state index contributed by atoms with van der Waals surface area (Å²) in [6, 6.07) is 4.82. The Morgan fingerprint density at radius 3 is 2.43 bits per heavy atom. The predicted molar refractivity (Wildman–Crippen MR) is 108 cm³/mol. The molecule has 0 spiro atoms. The minimum Gasteiger partial charge on any atom is -0.444 e. The van der Waals surface area contributed by atoms with Crippen LogP contribution < -0.4 is 11.1 Å². The van der Waals surface area contributed by atoms with E-state index in [1.54, 1.807) is 30.0 Å². The van der Waals surface area contributed by atoms with Crippen molar-refractivity contribution in [1.29, 1.82) is 0 Å². The van der Waals surface area contributed by atoms with E-state index in [0.29, 0.717) is 24.2 Å². The first-order valence-corrected chi connectivity index (χ1v) is 9.61. The number of rotatable bonds is 4. The zero-order valence-corrected chi connectivity index (χ0v) is 17.5. The Hall–Kier alpha value is -2.57.